The van der Waals surface area contributed by atoms with Crippen molar-refractivity contribution in [2.24, 2.45) is 0 Å². The lowest BCUT2D eigenvalue weighted by Gasteiger charge is -2.13. The number of carbonyl (C=O) groups excluding carboxylic acids is 1. The Morgan fingerprint density at radius 1 is 1.31 bits per heavy atom. The molecule has 0 spiro atoms. The number of hydrogen-bond donors (Lipinski definition) is 2. The minimum absolute atomic E-state index is 0.203. The molecule has 2 N–H and O–H groups in total. The van der Waals surface area contributed by atoms with Crippen molar-refractivity contribution in [3.8, 4) is 17.1 Å². The molecule has 1 amide bonds. The average Bonchev–Trinajstić information content (AvgIpc) is 3.11. The summed E-state index contributed by atoms with van der Waals surface area (Å²) in [5.41, 5.74) is 1.39. The zero-order valence-electron chi connectivity index (χ0n) is 14.1. The highest BCUT2D eigenvalue weighted by Crippen LogP contribution is 2.29. The number of hydrogen-bond acceptors (Lipinski definition) is 6. The Bertz CT molecular complexity index is 903. The van der Waals surface area contributed by atoms with Crippen LogP contribution in [0.2, 0.25) is 5.02 Å². The predicted molar refractivity (Wildman–Crippen MR) is 102 cm³/mol. The normalized spacial score (nSPS) is 11.8. The number of nitrogens with zero attached hydrogens (tertiary/aromatic N) is 3. The van der Waals surface area contributed by atoms with Gasteiger partial charge in [-0.25, -0.2) is 4.98 Å². The fourth-order valence-corrected chi connectivity index (χ4v) is 3.06. The number of ether oxygens (including phenoxy) is 1. The highest BCUT2D eigenvalue weighted by atomic mass is 35.5. The number of nitrogens with one attached hydrogen (secondary N) is 2. The quantitative estimate of drug-likeness (QED) is 0.625. The van der Waals surface area contributed by atoms with Crippen molar-refractivity contribution in [3.63, 3.8) is 0 Å². The Hall–Kier alpha value is -2.58. The smallest absolute Gasteiger partial charge is 0.237 e. The molecular weight excluding hydrogens is 374 g/mol. The van der Waals surface area contributed by atoms with Crippen LogP contribution >= 0.6 is 23.4 Å². The zero-order chi connectivity index (χ0) is 18.5. The van der Waals surface area contributed by atoms with Crippen molar-refractivity contribution in [2.75, 3.05) is 12.4 Å². The van der Waals surface area contributed by atoms with Gasteiger partial charge in [0.1, 0.15) is 5.75 Å². The third-order valence-electron chi connectivity index (χ3n) is 3.49. The van der Waals surface area contributed by atoms with E-state index in [2.05, 4.69) is 25.5 Å². The SMILES string of the molecule is COc1ccc(Cl)cc1NC(=O)[C@@H](C)Sc1n[nH]c(-c2ccncc2)n1. The molecule has 9 heteroatoms. The lowest BCUT2D eigenvalue weighted by molar-refractivity contribution is -0.115. The first kappa shape index (κ1) is 18.2. The Labute approximate surface area is 159 Å². The van der Waals surface area contributed by atoms with E-state index in [9.17, 15) is 4.79 Å². The van der Waals surface area contributed by atoms with E-state index in [1.54, 1.807) is 37.5 Å². The van der Waals surface area contributed by atoms with Crippen LogP contribution < -0.4 is 10.1 Å². The van der Waals surface area contributed by atoms with Crippen LogP contribution in [0.3, 0.4) is 0 Å². The predicted octanol–water partition coefficient (Wildman–Crippen LogP) is 3.65. The first-order chi connectivity index (χ1) is 12.6. The molecule has 26 heavy (non-hydrogen) atoms. The third kappa shape index (κ3) is 4.33. The first-order valence-electron chi connectivity index (χ1n) is 7.70. The number of benzene rings is 1. The van der Waals surface area contributed by atoms with Crippen molar-refractivity contribution in [1.29, 1.82) is 0 Å². The van der Waals surface area contributed by atoms with Gasteiger partial charge in [-0.05, 0) is 37.3 Å². The van der Waals surface area contributed by atoms with Gasteiger partial charge in [-0.2, -0.15) is 0 Å². The molecule has 0 saturated heterocycles. The zero-order valence-corrected chi connectivity index (χ0v) is 15.6. The molecule has 0 saturated carbocycles. The molecule has 0 bridgehead atoms. The van der Waals surface area contributed by atoms with Crippen LogP contribution in [-0.4, -0.2) is 38.4 Å². The molecule has 2 heterocycles. The van der Waals surface area contributed by atoms with Gasteiger partial charge in [0.15, 0.2) is 5.82 Å². The van der Waals surface area contributed by atoms with Crippen molar-refractivity contribution >= 4 is 35.0 Å². The number of methoxy groups -OCH3 is 1. The second-order valence-electron chi connectivity index (χ2n) is 5.30. The Morgan fingerprint density at radius 3 is 2.81 bits per heavy atom. The summed E-state index contributed by atoms with van der Waals surface area (Å²) in [5, 5.41) is 10.4. The van der Waals surface area contributed by atoms with Gasteiger partial charge in [0.05, 0.1) is 18.0 Å². The number of aromatic amines is 1. The van der Waals surface area contributed by atoms with Crippen LogP contribution in [0.5, 0.6) is 5.75 Å². The Morgan fingerprint density at radius 2 is 2.08 bits per heavy atom. The summed E-state index contributed by atoms with van der Waals surface area (Å²) in [5.74, 6) is 0.961. The summed E-state index contributed by atoms with van der Waals surface area (Å²) in [6, 6.07) is 8.70. The minimum Gasteiger partial charge on any atom is -0.495 e. The van der Waals surface area contributed by atoms with Crippen molar-refractivity contribution < 1.29 is 9.53 Å². The molecule has 0 aliphatic rings. The van der Waals surface area contributed by atoms with Gasteiger partial charge in [-0.3, -0.25) is 14.9 Å². The summed E-state index contributed by atoms with van der Waals surface area (Å²) < 4.78 is 5.24. The summed E-state index contributed by atoms with van der Waals surface area (Å²) in [7, 11) is 1.53. The monoisotopic (exact) mass is 389 g/mol. The molecule has 1 aromatic carbocycles. The molecule has 0 unspecified atom stereocenters. The van der Waals surface area contributed by atoms with Crippen molar-refractivity contribution in [2.45, 2.75) is 17.3 Å². The number of carbonyl (C=O) groups is 1. The molecule has 0 aliphatic carbocycles. The van der Waals surface area contributed by atoms with Crippen LogP contribution in [0.15, 0.2) is 47.9 Å². The summed E-state index contributed by atoms with van der Waals surface area (Å²) in [4.78, 5) is 20.8. The molecular formula is C17H16ClN5O2S. The second kappa shape index (κ2) is 8.20. The number of anilines is 1. The van der Waals surface area contributed by atoms with Crippen LogP contribution in [0, 0.1) is 0 Å². The molecule has 7 nitrogen and oxygen atoms in total. The number of amides is 1. The third-order valence-corrected chi connectivity index (χ3v) is 4.69. The maximum absolute atomic E-state index is 12.5. The summed E-state index contributed by atoms with van der Waals surface area (Å²) in [6.45, 7) is 1.78. The highest BCUT2D eigenvalue weighted by Gasteiger charge is 2.19. The first-order valence-corrected chi connectivity index (χ1v) is 8.96. The molecule has 134 valence electrons. The molecule has 0 fully saturated rings. The Kier molecular flexibility index (Phi) is 5.75. The molecule has 0 radical (unpaired) electrons. The van der Waals surface area contributed by atoms with Crippen molar-refractivity contribution in [3.05, 3.63) is 47.7 Å². The molecule has 3 rings (SSSR count). The van der Waals surface area contributed by atoms with Gasteiger partial charge >= 0.3 is 0 Å². The number of halogens is 1. The molecule has 3 aromatic rings. The van der Waals surface area contributed by atoms with Gasteiger partial charge in [0.25, 0.3) is 0 Å². The topological polar surface area (TPSA) is 92.8 Å². The highest BCUT2D eigenvalue weighted by molar-refractivity contribution is 8.00. The average molecular weight is 390 g/mol. The van der Waals surface area contributed by atoms with Gasteiger partial charge in [-0.15, -0.1) is 5.10 Å². The number of rotatable bonds is 6. The van der Waals surface area contributed by atoms with Crippen LogP contribution in [-0.2, 0) is 4.79 Å². The maximum Gasteiger partial charge on any atom is 0.237 e. The number of H-pyrrole nitrogens is 1. The van der Waals surface area contributed by atoms with E-state index in [1.807, 2.05) is 12.1 Å². The Balaban J connectivity index is 1.67. The van der Waals surface area contributed by atoms with Crippen LogP contribution in [0.25, 0.3) is 11.4 Å². The standard InChI is InChI=1S/C17H16ClN5O2S/c1-10(16(24)20-13-9-12(18)3-4-14(13)25-2)26-17-21-15(22-23-17)11-5-7-19-8-6-11/h3-10H,1-2H3,(H,20,24)(H,21,22,23)/t10-/m1/s1. The largest absolute Gasteiger partial charge is 0.495 e. The fraction of sp³-hybridized carbons (Fsp3) is 0.176. The van der Waals surface area contributed by atoms with E-state index in [4.69, 9.17) is 16.3 Å². The van der Waals surface area contributed by atoms with E-state index < -0.39 is 5.25 Å². The van der Waals surface area contributed by atoms with E-state index in [-0.39, 0.29) is 5.91 Å². The van der Waals surface area contributed by atoms with E-state index in [1.165, 1.54) is 18.9 Å². The number of thioether (sulfide) groups is 1. The van der Waals surface area contributed by atoms with Crippen LogP contribution in [0.4, 0.5) is 5.69 Å². The molecule has 2 aromatic heterocycles. The van der Waals surface area contributed by atoms with Gasteiger partial charge in [0, 0.05) is 23.0 Å². The number of pyridine rings is 1. The maximum atomic E-state index is 12.5. The minimum atomic E-state index is -0.417. The van der Waals surface area contributed by atoms with Gasteiger partial charge < -0.3 is 10.1 Å². The lowest BCUT2D eigenvalue weighted by Crippen LogP contribution is -2.22. The summed E-state index contributed by atoms with van der Waals surface area (Å²) >= 11 is 7.24. The van der Waals surface area contributed by atoms with E-state index >= 15 is 0 Å². The van der Waals surface area contributed by atoms with Crippen molar-refractivity contribution in [1.82, 2.24) is 20.2 Å². The lowest BCUT2D eigenvalue weighted by atomic mass is 10.3. The molecule has 0 aliphatic heterocycles. The fourth-order valence-electron chi connectivity index (χ4n) is 2.16. The number of aromatic nitrogens is 4. The second-order valence-corrected chi connectivity index (χ2v) is 7.04. The molecule has 1 atom stereocenters. The summed E-state index contributed by atoms with van der Waals surface area (Å²) in [6.07, 6.45) is 3.36. The van der Waals surface area contributed by atoms with E-state index in [0.29, 0.717) is 27.4 Å². The van der Waals surface area contributed by atoms with Gasteiger partial charge in [0.2, 0.25) is 11.1 Å². The van der Waals surface area contributed by atoms with Gasteiger partial charge in [-0.1, -0.05) is 23.4 Å². The van der Waals surface area contributed by atoms with Crippen LogP contribution in [0.1, 0.15) is 6.92 Å². The van der Waals surface area contributed by atoms with E-state index in [0.717, 1.165) is 5.56 Å².